The van der Waals surface area contributed by atoms with Gasteiger partial charge in [0.2, 0.25) is 5.75 Å². The van der Waals surface area contributed by atoms with Gasteiger partial charge in [-0.3, -0.25) is 15.0 Å². The summed E-state index contributed by atoms with van der Waals surface area (Å²) in [5.74, 6) is 0.0732. The summed E-state index contributed by atoms with van der Waals surface area (Å²) in [5, 5.41) is 24.6. The number of benzene rings is 1. The maximum absolute atomic E-state index is 11.2. The van der Waals surface area contributed by atoms with E-state index in [0.717, 1.165) is 38.2 Å². The Kier molecular flexibility index (Phi) is 5.79. The van der Waals surface area contributed by atoms with Crippen molar-refractivity contribution >= 4 is 5.69 Å². The molecule has 1 aromatic carbocycles. The molecular weight excluding hydrogens is 298 g/mol. The van der Waals surface area contributed by atoms with Crippen LogP contribution >= 0.6 is 0 Å². The summed E-state index contributed by atoms with van der Waals surface area (Å²) in [6, 6.07) is 3.27. The Balaban J connectivity index is 2.48. The van der Waals surface area contributed by atoms with E-state index in [1.165, 1.54) is 13.2 Å². The minimum Gasteiger partial charge on any atom is -0.500 e. The molecule has 1 heterocycles. The Morgan fingerprint density at radius 1 is 1.43 bits per heavy atom. The summed E-state index contributed by atoms with van der Waals surface area (Å²) >= 11 is 0. The van der Waals surface area contributed by atoms with Crippen molar-refractivity contribution in [2.45, 2.75) is 26.3 Å². The Labute approximate surface area is 136 Å². The highest BCUT2D eigenvalue weighted by Crippen LogP contribution is 2.41. The fourth-order valence-corrected chi connectivity index (χ4v) is 3.16. The van der Waals surface area contributed by atoms with Gasteiger partial charge in [0, 0.05) is 38.3 Å². The second-order valence-electron chi connectivity index (χ2n) is 5.96. The summed E-state index contributed by atoms with van der Waals surface area (Å²) in [6.45, 7) is 7.87. The van der Waals surface area contributed by atoms with Crippen molar-refractivity contribution in [1.29, 1.82) is 0 Å². The van der Waals surface area contributed by atoms with Crippen molar-refractivity contribution in [1.82, 2.24) is 10.2 Å². The molecule has 0 radical (unpaired) electrons. The first kappa shape index (κ1) is 17.5. The first-order valence-electron chi connectivity index (χ1n) is 7.99. The van der Waals surface area contributed by atoms with Crippen LogP contribution in [0.3, 0.4) is 0 Å². The lowest BCUT2D eigenvalue weighted by molar-refractivity contribution is -0.386. The Morgan fingerprint density at radius 3 is 2.61 bits per heavy atom. The van der Waals surface area contributed by atoms with Gasteiger partial charge in [0.15, 0.2) is 5.75 Å². The van der Waals surface area contributed by atoms with E-state index in [1.807, 2.05) is 0 Å². The van der Waals surface area contributed by atoms with Gasteiger partial charge in [0.25, 0.3) is 0 Å². The zero-order valence-corrected chi connectivity index (χ0v) is 13.9. The summed E-state index contributed by atoms with van der Waals surface area (Å²) in [4.78, 5) is 13.0. The van der Waals surface area contributed by atoms with Crippen LogP contribution in [0, 0.1) is 16.0 Å². The number of hydrogen-bond donors (Lipinski definition) is 2. The Bertz CT molecular complexity index is 559. The number of ether oxygens (including phenoxy) is 1. The average molecular weight is 323 g/mol. The quantitative estimate of drug-likeness (QED) is 0.617. The van der Waals surface area contributed by atoms with Crippen molar-refractivity contribution in [3.63, 3.8) is 0 Å². The van der Waals surface area contributed by atoms with Crippen molar-refractivity contribution in [2.24, 2.45) is 5.92 Å². The maximum Gasteiger partial charge on any atom is 0.314 e. The molecule has 1 unspecified atom stereocenters. The van der Waals surface area contributed by atoms with E-state index in [4.69, 9.17) is 4.74 Å². The molecule has 0 bridgehead atoms. The lowest BCUT2D eigenvalue weighted by Crippen LogP contribution is -2.46. The first-order chi connectivity index (χ1) is 11.0. The minimum atomic E-state index is -0.563. The number of phenolic OH excluding ortho intramolecular Hbond substituents is 1. The monoisotopic (exact) mass is 323 g/mol. The van der Waals surface area contributed by atoms with Gasteiger partial charge in [-0.1, -0.05) is 20.3 Å². The fourth-order valence-electron chi connectivity index (χ4n) is 3.16. The normalized spacial score (nSPS) is 18.4. The van der Waals surface area contributed by atoms with Crippen LogP contribution < -0.4 is 10.1 Å². The zero-order chi connectivity index (χ0) is 17.0. The van der Waals surface area contributed by atoms with E-state index in [-0.39, 0.29) is 17.5 Å². The molecule has 2 atom stereocenters. The molecule has 1 aliphatic heterocycles. The second kappa shape index (κ2) is 7.61. The molecule has 1 saturated heterocycles. The van der Waals surface area contributed by atoms with Gasteiger partial charge >= 0.3 is 5.69 Å². The number of nitrogens with one attached hydrogen (secondary N) is 1. The standard InChI is InChI=1S/C16H25N3O4/c1-4-11(2)15(18-7-5-17-6-8-18)12-9-13(19(21)22)16(20)14(10-12)23-3/h9-11,15,17,20H,4-8H2,1-3H3/t11?,15-/m1/s1. The highest BCUT2D eigenvalue weighted by atomic mass is 16.6. The Morgan fingerprint density at radius 2 is 2.09 bits per heavy atom. The number of phenols is 1. The van der Waals surface area contributed by atoms with E-state index in [1.54, 1.807) is 6.07 Å². The molecule has 2 N–H and O–H groups in total. The molecule has 1 fully saturated rings. The lowest BCUT2D eigenvalue weighted by Gasteiger charge is -2.38. The summed E-state index contributed by atoms with van der Waals surface area (Å²) < 4.78 is 5.14. The summed E-state index contributed by atoms with van der Waals surface area (Å²) in [6.07, 6.45) is 0.964. The van der Waals surface area contributed by atoms with Crippen LogP contribution in [0.4, 0.5) is 5.69 Å². The van der Waals surface area contributed by atoms with E-state index in [9.17, 15) is 15.2 Å². The molecule has 1 aliphatic rings. The third kappa shape index (κ3) is 3.73. The lowest BCUT2D eigenvalue weighted by atomic mass is 9.90. The van der Waals surface area contributed by atoms with Crippen LogP contribution in [0.5, 0.6) is 11.5 Å². The van der Waals surface area contributed by atoms with Gasteiger partial charge in [0.1, 0.15) is 0 Å². The van der Waals surface area contributed by atoms with E-state index < -0.39 is 10.7 Å². The number of nitro benzene ring substituents is 1. The zero-order valence-electron chi connectivity index (χ0n) is 13.9. The van der Waals surface area contributed by atoms with Crippen LogP contribution in [-0.2, 0) is 0 Å². The third-order valence-electron chi connectivity index (χ3n) is 4.56. The van der Waals surface area contributed by atoms with Crippen LogP contribution in [0.1, 0.15) is 31.9 Å². The number of nitrogens with zero attached hydrogens (tertiary/aromatic N) is 2. The number of aromatic hydroxyl groups is 1. The van der Waals surface area contributed by atoms with Crippen molar-refractivity contribution in [2.75, 3.05) is 33.3 Å². The van der Waals surface area contributed by atoms with E-state index in [0.29, 0.717) is 5.92 Å². The van der Waals surface area contributed by atoms with Gasteiger partial charge in [-0.15, -0.1) is 0 Å². The predicted octanol–water partition coefficient (Wildman–Crippen LogP) is 2.30. The SMILES string of the molecule is CCC(C)[C@H](c1cc(OC)c(O)c([N+](=O)[O-])c1)N1CCNCC1. The number of rotatable bonds is 6. The molecule has 0 aliphatic carbocycles. The molecule has 7 heteroatoms. The maximum atomic E-state index is 11.2. The van der Waals surface area contributed by atoms with Crippen LogP contribution in [0.2, 0.25) is 0 Å². The molecule has 128 valence electrons. The van der Waals surface area contributed by atoms with Crippen molar-refractivity contribution < 1.29 is 14.8 Å². The highest BCUT2D eigenvalue weighted by Gasteiger charge is 2.30. The molecule has 1 aromatic rings. The topological polar surface area (TPSA) is 87.9 Å². The van der Waals surface area contributed by atoms with Crippen LogP contribution in [0.25, 0.3) is 0 Å². The average Bonchev–Trinajstić information content (AvgIpc) is 2.56. The fraction of sp³-hybridized carbons (Fsp3) is 0.625. The van der Waals surface area contributed by atoms with Crippen LogP contribution in [0.15, 0.2) is 12.1 Å². The smallest absolute Gasteiger partial charge is 0.314 e. The molecule has 0 amide bonds. The first-order valence-corrected chi connectivity index (χ1v) is 7.99. The van der Waals surface area contributed by atoms with Crippen LogP contribution in [-0.4, -0.2) is 48.2 Å². The Hall–Kier alpha value is -1.86. The molecule has 0 spiro atoms. The molecule has 23 heavy (non-hydrogen) atoms. The largest absolute Gasteiger partial charge is 0.500 e. The molecule has 2 rings (SSSR count). The molecule has 0 aromatic heterocycles. The van der Waals surface area contributed by atoms with Gasteiger partial charge in [0.05, 0.1) is 12.0 Å². The number of nitro groups is 1. The van der Waals surface area contributed by atoms with Gasteiger partial charge < -0.3 is 15.2 Å². The van der Waals surface area contributed by atoms with Crippen molar-refractivity contribution in [3.8, 4) is 11.5 Å². The van der Waals surface area contributed by atoms with Gasteiger partial charge in [-0.25, -0.2) is 0 Å². The minimum absolute atomic E-state index is 0.0651. The third-order valence-corrected chi connectivity index (χ3v) is 4.56. The number of hydrogen-bond acceptors (Lipinski definition) is 6. The molecule has 0 saturated carbocycles. The van der Waals surface area contributed by atoms with Gasteiger partial charge in [-0.05, 0) is 17.5 Å². The van der Waals surface area contributed by atoms with E-state index in [2.05, 4.69) is 24.1 Å². The molecule has 7 nitrogen and oxygen atoms in total. The summed E-state index contributed by atoms with van der Waals surface area (Å²) in [5.41, 5.74) is 0.519. The number of piperazine rings is 1. The van der Waals surface area contributed by atoms with Crippen molar-refractivity contribution in [3.05, 3.63) is 27.8 Å². The second-order valence-corrected chi connectivity index (χ2v) is 5.96. The highest BCUT2D eigenvalue weighted by molar-refractivity contribution is 5.57. The summed E-state index contributed by atoms with van der Waals surface area (Å²) in [7, 11) is 1.41. The molecular formula is C16H25N3O4. The van der Waals surface area contributed by atoms with Gasteiger partial charge in [-0.2, -0.15) is 0 Å². The predicted molar refractivity (Wildman–Crippen MR) is 88.0 cm³/mol. The van der Waals surface area contributed by atoms with E-state index >= 15 is 0 Å². The number of methoxy groups -OCH3 is 1.